The fourth-order valence-corrected chi connectivity index (χ4v) is 4.12. The topological polar surface area (TPSA) is 69.7 Å². The van der Waals surface area contributed by atoms with E-state index in [0.717, 1.165) is 24.9 Å². The summed E-state index contributed by atoms with van der Waals surface area (Å²) in [6.07, 6.45) is 3.18. The molecular formula is C18H29N3O3S. The number of rotatable bonds is 7. The van der Waals surface area contributed by atoms with Gasteiger partial charge in [-0.3, -0.25) is 4.79 Å². The van der Waals surface area contributed by atoms with Crippen molar-refractivity contribution in [3.8, 4) is 0 Å². The van der Waals surface area contributed by atoms with Crippen LogP contribution in [-0.4, -0.2) is 63.5 Å². The number of nitrogens with zero attached hydrogens (tertiary/aromatic N) is 2. The van der Waals surface area contributed by atoms with Crippen molar-refractivity contribution in [3.63, 3.8) is 0 Å². The number of sulfonamides is 1. The van der Waals surface area contributed by atoms with Crippen molar-refractivity contribution in [2.45, 2.75) is 25.3 Å². The minimum absolute atomic E-state index is 0.0357. The van der Waals surface area contributed by atoms with Crippen LogP contribution in [0.4, 0.5) is 0 Å². The van der Waals surface area contributed by atoms with Crippen LogP contribution in [0.1, 0.15) is 30.9 Å². The van der Waals surface area contributed by atoms with Crippen LogP contribution in [-0.2, 0) is 14.8 Å². The molecule has 2 rings (SSSR count). The predicted molar refractivity (Wildman–Crippen MR) is 99.6 cm³/mol. The zero-order chi connectivity index (χ0) is 18.4. The Balaban J connectivity index is 1.89. The number of piperidine rings is 1. The first-order valence-corrected chi connectivity index (χ1v) is 10.5. The van der Waals surface area contributed by atoms with Gasteiger partial charge in [0.1, 0.15) is 0 Å². The van der Waals surface area contributed by atoms with E-state index in [0.29, 0.717) is 19.5 Å². The molecule has 0 bridgehead atoms. The standard InChI is InChI=1S/C18H29N3O3S/c1-20(2)14-17(16-7-5-4-6-8-16)19-18(22)13-15-9-11-21(12-10-15)25(3,23)24/h4-8,15,17H,9-14H2,1-3H3,(H,19,22)/t17-/m1/s1. The molecule has 1 saturated heterocycles. The average molecular weight is 368 g/mol. The minimum atomic E-state index is -3.12. The first-order chi connectivity index (χ1) is 11.8. The second kappa shape index (κ2) is 8.78. The number of carbonyl (C=O) groups is 1. The van der Waals surface area contributed by atoms with Crippen molar-refractivity contribution in [3.05, 3.63) is 35.9 Å². The first-order valence-electron chi connectivity index (χ1n) is 8.70. The van der Waals surface area contributed by atoms with Crippen LogP contribution in [0, 0.1) is 5.92 Å². The fourth-order valence-electron chi connectivity index (χ4n) is 3.25. The number of likely N-dealkylation sites (N-methyl/N-ethyl adjacent to an activating group) is 1. The average Bonchev–Trinajstić information content (AvgIpc) is 2.54. The molecule has 0 unspecified atom stereocenters. The van der Waals surface area contributed by atoms with Gasteiger partial charge in [0, 0.05) is 26.1 Å². The van der Waals surface area contributed by atoms with Crippen molar-refractivity contribution in [2.24, 2.45) is 5.92 Å². The molecule has 1 aromatic carbocycles. The molecule has 6 nitrogen and oxygen atoms in total. The number of hydrogen-bond donors (Lipinski definition) is 1. The van der Waals surface area contributed by atoms with Gasteiger partial charge in [-0.25, -0.2) is 12.7 Å². The molecule has 0 aromatic heterocycles. The molecule has 1 aliphatic heterocycles. The van der Waals surface area contributed by atoms with Crippen molar-refractivity contribution in [1.29, 1.82) is 0 Å². The Labute approximate surface area is 151 Å². The zero-order valence-electron chi connectivity index (χ0n) is 15.3. The van der Waals surface area contributed by atoms with Gasteiger partial charge in [0.15, 0.2) is 0 Å². The highest BCUT2D eigenvalue weighted by molar-refractivity contribution is 7.88. The van der Waals surface area contributed by atoms with Gasteiger partial charge >= 0.3 is 0 Å². The number of hydrogen-bond acceptors (Lipinski definition) is 4. The van der Waals surface area contributed by atoms with Crippen LogP contribution in [0.25, 0.3) is 0 Å². The van der Waals surface area contributed by atoms with Gasteiger partial charge in [-0.15, -0.1) is 0 Å². The molecule has 140 valence electrons. The summed E-state index contributed by atoms with van der Waals surface area (Å²) < 4.78 is 24.6. The lowest BCUT2D eigenvalue weighted by Crippen LogP contribution is -2.40. The third-order valence-electron chi connectivity index (χ3n) is 4.60. The molecule has 0 saturated carbocycles. The quantitative estimate of drug-likeness (QED) is 0.792. The third-order valence-corrected chi connectivity index (χ3v) is 5.90. The summed E-state index contributed by atoms with van der Waals surface area (Å²) >= 11 is 0. The highest BCUT2D eigenvalue weighted by Gasteiger charge is 2.27. The molecular weight excluding hydrogens is 338 g/mol. The molecule has 1 fully saturated rings. The van der Waals surface area contributed by atoms with Crippen LogP contribution >= 0.6 is 0 Å². The van der Waals surface area contributed by atoms with E-state index in [2.05, 4.69) is 10.2 Å². The van der Waals surface area contributed by atoms with Crippen LogP contribution in [0.3, 0.4) is 0 Å². The van der Waals surface area contributed by atoms with Gasteiger partial charge in [0.2, 0.25) is 15.9 Å². The van der Waals surface area contributed by atoms with Gasteiger partial charge in [-0.1, -0.05) is 30.3 Å². The Morgan fingerprint density at radius 2 is 1.84 bits per heavy atom. The Bertz CT molecular complexity index is 653. The maximum absolute atomic E-state index is 12.5. The van der Waals surface area contributed by atoms with E-state index in [-0.39, 0.29) is 17.9 Å². The lowest BCUT2D eigenvalue weighted by molar-refractivity contribution is -0.123. The van der Waals surface area contributed by atoms with Crippen molar-refractivity contribution in [2.75, 3.05) is 40.0 Å². The van der Waals surface area contributed by atoms with Gasteiger partial charge in [0.05, 0.1) is 12.3 Å². The molecule has 1 atom stereocenters. The molecule has 7 heteroatoms. The maximum atomic E-state index is 12.5. The SMILES string of the molecule is CN(C)C[C@@H](NC(=O)CC1CCN(S(C)(=O)=O)CC1)c1ccccc1. The predicted octanol–water partition coefficient (Wildman–Crippen LogP) is 1.47. The van der Waals surface area contributed by atoms with Crippen molar-refractivity contribution >= 4 is 15.9 Å². The molecule has 1 aliphatic rings. The normalized spacial score (nSPS) is 18.2. The second-order valence-corrected chi connectivity index (χ2v) is 9.09. The summed E-state index contributed by atoms with van der Waals surface area (Å²) in [7, 11) is 0.859. The Morgan fingerprint density at radius 3 is 2.36 bits per heavy atom. The van der Waals surface area contributed by atoms with E-state index in [9.17, 15) is 13.2 Å². The summed E-state index contributed by atoms with van der Waals surface area (Å²) in [5.41, 5.74) is 1.09. The number of carbonyl (C=O) groups excluding carboxylic acids is 1. The second-order valence-electron chi connectivity index (χ2n) is 7.10. The molecule has 1 heterocycles. The lowest BCUT2D eigenvalue weighted by atomic mass is 9.94. The Morgan fingerprint density at radius 1 is 1.24 bits per heavy atom. The van der Waals surface area contributed by atoms with Gasteiger partial charge in [-0.2, -0.15) is 0 Å². The minimum Gasteiger partial charge on any atom is -0.348 e. The molecule has 25 heavy (non-hydrogen) atoms. The summed E-state index contributed by atoms with van der Waals surface area (Å²) in [5, 5.41) is 3.14. The van der Waals surface area contributed by atoms with Crippen molar-refractivity contribution < 1.29 is 13.2 Å². The molecule has 1 N–H and O–H groups in total. The molecule has 0 aliphatic carbocycles. The molecule has 0 spiro atoms. The fraction of sp³-hybridized carbons (Fsp3) is 0.611. The zero-order valence-corrected chi connectivity index (χ0v) is 16.1. The highest BCUT2D eigenvalue weighted by Crippen LogP contribution is 2.23. The molecule has 0 radical (unpaired) electrons. The van der Waals surface area contributed by atoms with Crippen LogP contribution < -0.4 is 5.32 Å². The highest BCUT2D eigenvalue weighted by atomic mass is 32.2. The number of nitrogens with one attached hydrogen (secondary N) is 1. The monoisotopic (exact) mass is 367 g/mol. The first kappa shape index (κ1) is 19.9. The van der Waals surface area contributed by atoms with Crippen LogP contribution in [0.15, 0.2) is 30.3 Å². The van der Waals surface area contributed by atoms with Crippen LogP contribution in [0.2, 0.25) is 0 Å². The van der Waals surface area contributed by atoms with E-state index in [1.807, 2.05) is 44.4 Å². The Hall–Kier alpha value is -1.44. The van der Waals surface area contributed by atoms with E-state index >= 15 is 0 Å². The Kier molecular flexibility index (Phi) is 6.98. The molecule has 1 amide bonds. The largest absolute Gasteiger partial charge is 0.348 e. The van der Waals surface area contributed by atoms with Gasteiger partial charge in [-0.05, 0) is 38.4 Å². The molecule has 1 aromatic rings. The third kappa shape index (κ3) is 6.41. The summed E-state index contributed by atoms with van der Waals surface area (Å²) in [4.78, 5) is 14.6. The smallest absolute Gasteiger partial charge is 0.220 e. The van der Waals surface area contributed by atoms with E-state index < -0.39 is 10.0 Å². The van der Waals surface area contributed by atoms with Crippen LogP contribution in [0.5, 0.6) is 0 Å². The number of benzene rings is 1. The van der Waals surface area contributed by atoms with Gasteiger partial charge < -0.3 is 10.2 Å². The number of amides is 1. The van der Waals surface area contributed by atoms with E-state index in [4.69, 9.17) is 0 Å². The lowest BCUT2D eigenvalue weighted by Gasteiger charge is -2.30. The van der Waals surface area contributed by atoms with Gasteiger partial charge in [0.25, 0.3) is 0 Å². The maximum Gasteiger partial charge on any atom is 0.220 e. The van der Waals surface area contributed by atoms with Crippen molar-refractivity contribution in [1.82, 2.24) is 14.5 Å². The summed E-state index contributed by atoms with van der Waals surface area (Å²) in [5.74, 6) is 0.280. The summed E-state index contributed by atoms with van der Waals surface area (Å²) in [6.45, 7) is 1.76. The van der Waals surface area contributed by atoms with E-state index in [1.54, 1.807) is 0 Å². The van der Waals surface area contributed by atoms with E-state index in [1.165, 1.54) is 10.6 Å². The summed E-state index contributed by atoms with van der Waals surface area (Å²) in [6, 6.07) is 9.93.